The minimum absolute atomic E-state index is 0.304. The molecule has 1 aromatic carbocycles. The molecule has 5 nitrogen and oxygen atoms in total. The summed E-state index contributed by atoms with van der Waals surface area (Å²) in [6.45, 7) is 0. The predicted molar refractivity (Wildman–Crippen MR) is 82.6 cm³/mol. The van der Waals surface area contributed by atoms with Gasteiger partial charge in [0.25, 0.3) is 5.91 Å². The van der Waals surface area contributed by atoms with E-state index in [0.717, 1.165) is 10.6 Å². The number of H-pyrrole nitrogens is 1. The number of nitrogens with zero attached hydrogens (tertiary/aromatic N) is 1. The van der Waals surface area contributed by atoms with Crippen LogP contribution in [0.3, 0.4) is 0 Å². The van der Waals surface area contributed by atoms with E-state index in [4.69, 9.17) is 0 Å². The molecule has 0 bridgehead atoms. The van der Waals surface area contributed by atoms with Crippen LogP contribution < -0.4 is 10.9 Å². The van der Waals surface area contributed by atoms with Gasteiger partial charge in [-0.15, -0.1) is 11.3 Å². The predicted octanol–water partition coefficient (Wildman–Crippen LogP) is 2.75. The van der Waals surface area contributed by atoms with Crippen molar-refractivity contribution in [1.29, 1.82) is 0 Å². The summed E-state index contributed by atoms with van der Waals surface area (Å²) in [4.78, 5) is 29.9. The zero-order chi connectivity index (χ0) is 14.7. The van der Waals surface area contributed by atoms with E-state index in [0.29, 0.717) is 11.3 Å². The van der Waals surface area contributed by atoms with Gasteiger partial charge in [-0.2, -0.15) is 0 Å². The number of hydrogen-bond acceptors (Lipinski definition) is 4. The topological polar surface area (TPSA) is 74.8 Å². The number of amides is 1. The molecule has 0 saturated heterocycles. The van der Waals surface area contributed by atoms with E-state index in [1.165, 1.54) is 12.3 Å². The maximum absolute atomic E-state index is 12.0. The number of carbonyl (C=O) groups excluding carboxylic acids is 1. The van der Waals surface area contributed by atoms with Crippen LogP contribution in [0.25, 0.3) is 10.6 Å². The van der Waals surface area contributed by atoms with Crippen molar-refractivity contribution in [1.82, 2.24) is 9.97 Å². The van der Waals surface area contributed by atoms with Crippen LogP contribution in [0.15, 0.2) is 59.0 Å². The highest BCUT2D eigenvalue weighted by atomic mass is 32.1. The average Bonchev–Trinajstić information content (AvgIpc) is 3.02. The first kappa shape index (κ1) is 13.3. The highest BCUT2D eigenvalue weighted by Gasteiger charge is 2.07. The number of thiazole rings is 1. The first-order valence-electron chi connectivity index (χ1n) is 6.22. The van der Waals surface area contributed by atoms with Gasteiger partial charge in [0.15, 0.2) is 0 Å². The number of pyridine rings is 1. The number of anilines is 1. The zero-order valence-electron chi connectivity index (χ0n) is 10.9. The maximum Gasteiger partial charge on any atom is 0.255 e. The van der Waals surface area contributed by atoms with E-state index in [9.17, 15) is 9.59 Å². The van der Waals surface area contributed by atoms with E-state index in [1.807, 2.05) is 29.6 Å². The van der Waals surface area contributed by atoms with Gasteiger partial charge in [0.2, 0.25) is 5.56 Å². The largest absolute Gasteiger partial charge is 0.329 e. The van der Waals surface area contributed by atoms with Crippen molar-refractivity contribution in [3.63, 3.8) is 0 Å². The van der Waals surface area contributed by atoms with Gasteiger partial charge in [0.05, 0.1) is 0 Å². The average molecular weight is 297 g/mol. The van der Waals surface area contributed by atoms with Crippen molar-refractivity contribution in [2.75, 3.05) is 5.32 Å². The number of benzene rings is 1. The van der Waals surface area contributed by atoms with Gasteiger partial charge in [0.1, 0.15) is 5.01 Å². The fraction of sp³-hybridized carbons (Fsp3) is 0. The molecule has 2 aromatic heterocycles. The van der Waals surface area contributed by atoms with Gasteiger partial charge < -0.3 is 10.3 Å². The van der Waals surface area contributed by atoms with Gasteiger partial charge in [0, 0.05) is 40.7 Å². The number of rotatable bonds is 3. The third-order valence-corrected chi connectivity index (χ3v) is 3.68. The Morgan fingerprint density at radius 3 is 2.67 bits per heavy atom. The third kappa shape index (κ3) is 3.06. The molecule has 2 N–H and O–H groups in total. The second-order valence-electron chi connectivity index (χ2n) is 4.31. The molecule has 0 unspecified atom stereocenters. The van der Waals surface area contributed by atoms with Crippen LogP contribution in [-0.4, -0.2) is 15.9 Å². The first-order valence-corrected chi connectivity index (χ1v) is 7.10. The van der Waals surface area contributed by atoms with Crippen LogP contribution in [0.1, 0.15) is 10.4 Å². The Labute approximate surface area is 124 Å². The molecule has 21 heavy (non-hydrogen) atoms. The molecule has 3 aromatic rings. The van der Waals surface area contributed by atoms with Crippen molar-refractivity contribution in [3.05, 3.63) is 70.1 Å². The Balaban J connectivity index is 1.76. The van der Waals surface area contributed by atoms with Crippen molar-refractivity contribution >= 4 is 22.9 Å². The van der Waals surface area contributed by atoms with Crippen molar-refractivity contribution in [2.24, 2.45) is 0 Å². The molecule has 0 spiro atoms. The van der Waals surface area contributed by atoms with Crippen LogP contribution in [-0.2, 0) is 0 Å². The van der Waals surface area contributed by atoms with E-state index in [2.05, 4.69) is 15.3 Å². The Morgan fingerprint density at radius 2 is 2.00 bits per heavy atom. The lowest BCUT2D eigenvalue weighted by Crippen LogP contribution is -2.15. The monoisotopic (exact) mass is 297 g/mol. The minimum atomic E-state index is -0.317. The SMILES string of the molecule is O=C(Nc1ccc(-c2nccs2)cc1)c1cc[nH]c(=O)c1. The molecule has 0 aliphatic heterocycles. The van der Waals surface area contributed by atoms with Crippen molar-refractivity contribution in [2.45, 2.75) is 0 Å². The van der Waals surface area contributed by atoms with Gasteiger partial charge >= 0.3 is 0 Å². The third-order valence-electron chi connectivity index (χ3n) is 2.86. The summed E-state index contributed by atoms with van der Waals surface area (Å²) >= 11 is 1.56. The molecule has 0 fully saturated rings. The molecule has 0 saturated carbocycles. The molecule has 2 heterocycles. The number of hydrogen-bond donors (Lipinski definition) is 2. The minimum Gasteiger partial charge on any atom is -0.329 e. The molecule has 0 atom stereocenters. The molecule has 6 heteroatoms. The van der Waals surface area contributed by atoms with Gasteiger partial charge in [-0.25, -0.2) is 4.98 Å². The molecule has 1 amide bonds. The lowest BCUT2D eigenvalue weighted by Gasteiger charge is -2.05. The number of carbonyl (C=O) groups is 1. The van der Waals surface area contributed by atoms with Crippen molar-refractivity contribution < 1.29 is 4.79 Å². The maximum atomic E-state index is 12.0. The van der Waals surface area contributed by atoms with Crippen LogP contribution >= 0.6 is 11.3 Å². The Morgan fingerprint density at radius 1 is 1.19 bits per heavy atom. The van der Waals surface area contributed by atoms with Crippen LogP contribution in [0, 0.1) is 0 Å². The van der Waals surface area contributed by atoms with Gasteiger partial charge in [-0.3, -0.25) is 9.59 Å². The Bertz CT molecular complexity index is 807. The molecule has 0 aliphatic rings. The number of aromatic nitrogens is 2. The highest BCUT2D eigenvalue weighted by Crippen LogP contribution is 2.23. The summed E-state index contributed by atoms with van der Waals surface area (Å²) in [5.74, 6) is -0.317. The van der Waals surface area contributed by atoms with Crippen molar-refractivity contribution in [3.8, 4) is 10.6 Å². The molecular weight excluding hydrogens is 286 g/mol. The summed E-state index contributed by atoms with van der Waals surface area (Å²) in [5, 5.41) is 5.60. The molecular formula is C15H11N3O2S. The van der Waals surface area contributed by atoms with Crippen LogP contribution in [0.2, 0.25) is 0 Å². The Hall–Kier alpha value is -2.73. The van der Waals surface area contributed by atoms with E-state index >= 15 is 0 Å². The summed E-state index contributed by atoms with van der Waals surface area (Å²) in [6, 6.07) is 10.2. The van der Waals surface area contributed by atoms with E-state index in [1.54, 1.807) is 23.6 Å². The zero-order valence-corrected chi connectivity index (χ0v) is 11.7. The van der Waals surface area contributed by atoms with E-state index in [-0.39, 0.29) is 11.5 Å². The lowest BCUT2D eigenvalue weighted by atomic mass is 10.2. The summed E-state index contributed by atoms with van der Waals surface area (Å²) in [6.07, 6.45) is 3.20. The summed E-state index contributed by atoms with van der Waals surface area (Å²) in [7, 11) is 0. The van der Waals surface area contributed by atoms with Gasteiger partial charge in [-0.05, 0) is 30.3 Å². The van der Waals surface area contributed by atoms with E-state index < -0.39 is 0 Å². The molecule has 0 aliphatic carbocycles. The first-order chi connectivity index (χ1) is 10.2. The standard InChI is InChI=1S/C15H11N3O2S/c19-13-9-11(5-6-16-13)14(20)18-12-3-1-10(2-4-12)15-17-7-8-21-15/h1-9H,(H,16,19)(H,18,20). The molecule has 3 rings (SSSR count). The fourth-order valence-electron chi connectivity index (χ4n) is 1.85. The molecule has 104 valence electrons. The second kappa shape index (κ2) is 5.72. The summed E-state index contributed by atoms with van der Waals surface area (Å²) < 4.78 is 0. The number of nitrogens with one attached hydrogen (secondary N) is 2. The Kier molecular flexibility index (Phi) is 3.61. The second-order valence-corrected chi connectivity index (χ2v) is 5.20. The lowest BCUT2D eigenvalue weighted by molar-refractivity contribution is 0.102. The smallest absolute Gasteiger partial charge is 0.255 e. The quantitative estimate of drug-likeness (QED) is 0.780. The van der Waals surface area contributed by atoms with Gasteiger partial charge in [-0.1, -0.05) is 0 Å². The van der Waals surface area contributed by atoms with Crippen LogP contribution in [0.5, 0.6) is 0 Å². The normalized spacial score (nSPS) is 10.3. The summed E-state index contributed by atoms with van der Waals surface area (Å²) in [5.41, 5.74) is 1.68. The number of aromatic amines is 1. The van der Waals surface area contributed by atoms with Crippen LogP contribution in [0.4, 0.5) is 5.69 Å². The highest BCUT2D eigenvalue weighted by molar-refractivity contribution is 7.13. The fourth-order valence-corrected chi connectivity index (χ4v) is 2.50. The molecule has 0 radical (unpaired) electrons.